The van der Waals surface area contributed by atoms with E-state index in [0.717, 1.165) is 10.9 Å². The summed E-state index contributed by atoms with van der Waals surface area (Å²) in [6, 6.07) is 8.33. The van der Waals surface area contributed by atoms with Gasteiger partial charge in [-0.25, -0.2) is 9.55 Å². The molecule has 0 saturated carbocycles. The second-order valence-electron chi connectivity index (χ2n) is 7.56. The van der Waals surface area contributed by atoms with Gasteiger partial charge in [0.15, 0.2) is 17.3 Å². The van der Waals surface area contributed by atoms with Gasteiger partial charge >= 0.3 is 12.7 Å². The van der Waals surface area contributed by atoms with Crippen molar-refractivity contribution >= 4 is 37.6 Å². The molecule has 0 unspecified atom stereocenters. The van der Waals surface area contributed by atoms with Crippen LogP contribution in [0, 0.1) is 10.1 Å². The van der Waals surface area contributed by atoms with Gasteiger partial charge in [0.05, 0.1) is 12.9 Å². The number of phosphoric acid groups is 1. The Bertz CT molecular complexity index is 1350. The molecule has 3 heterocycles. The number of benzene rings is 1. The van der Waals surface area contributed by atoms with Crippen LogP contribution in [0.25, 0.3) is 11.2 Å². The molecule has 6 N–H and O–H groups in total. The molecule has 34 heavy (non-hydrogen) atoms. The van der Waals surface area contributed by atoms with Crippen molar-refractivity contribution < 1.29 is 33.6 Å². The summed E-state index contributed by atoms with van der Waals surface area (Å²) in [6.45, 7) is -0.902. The largest absolute Gasteiger partial charge is 0.469 e. The lowest BCUT2D eigenvalue weighted by atomic mass is 9.92. The first-order chi connectivity index (χ1) is 15.9. The summed E-state index contributed by atoms with van der Waals surface area (Å²) in [4.78, 5) is 49.6. The minimum Gasteiger partial charge on any atom is -0.382 e. The van der Waals surface area contributed by atoms with Crippen LogP contribution in [0.2, 0.25) is 0 Å². The predicted octanol–water partition coefficient (Wildman–Crippen LogP) is -0.631. The van der Waals surface area contributed by atoms with E-state index in [9.17, 15) is 24.6 Å². The number of anilines is 1. The van der Waals surface area contributed by atoms with Crippen LogP contribution in [0.5, 0.6) is 0 Å². The molecular formula is C17H19N6O9PS. The number of nitrogens with one attached hydrogen (secondary N) is 1. The number of hydrogen-bond acceptors (Lipinski definition) is 11. The summed E-state index contributed by atoms with van der Waals surface area (Å²) < 4.78 is 22.7. The Labute approximate surface area is 195 Å². The highest BCUT2D eigenvalue weighted by Gasteiger charge is 2.74. The van der Waals surface area contributed by atoms with Gasteiger partial charge in [-0.2, -0.15) is 4.98 Å². The molecule has 0 spiro atoms. The zero-order valence-corrected chi connectivity index (χ0v) is 18.9. The number of thiol groups is 1. The van der Waals surface area contributed by atoms with E-state index in [1.54, 1.807) is 30.3 Å². The van der Waals surface area contributed by atoms with Crippen molar-refractivity contribution in [3.63, 3.8) is 0 Å². The Hall–Kier alpha value is -2.85. The SMILES string of the molecule is Nc1nc2c(ncn2[C@]2(Cc3ccccc3)O[C@H](COP(=O)(O)O)[C@@H](O)[C@]2(S)[N+](=O)[O-])c(=O)[nH]1. The van der Waals surface area contributed by atoms with Gasteiger partial charge in [-0.3, -0.25) is 29.0 Å². The molecule has 0 bridgehead atoms. The molecule has 15 nitrogen and oxygen atoms in total. The number of H-pyrrole nitrogens is 1. The summed E-state index contributed by atoms with van der Waals surface area (Å²) >= 11 is 4.25. The number of fused-ring (bicyclic) bond motifs is 1. The van der Waals surface area contributed by atoms with E-state index < -0.39 is 47.7 Å². The summed E-state index contributed by atoms with van der Waals surface area (Å²) in [5, 5.41) is 23.3. The van der Waals surface area contributed by atoms with Gasteiger partial charge in [0.1, 0.15) is 6.10 Å². The minimum absolute atomic E-state index is 0.193. The molecule has 2 aromatic heterocycles. The first-order valence-electron chi connectivity index (χ1n) is 9.59. The Morgan fingerprint density at radius 2 is 2.06 bits per heavy atom. The van der Waals surface area contributed by atoms with E-state index in [0.29, 0.717) is 5.56 Å². The highest BCUT2D eigenvalue weighted by atomic mass is 32.1. The van der Waals surface area contributed by atoms with Crippen molar-refractivity contribution in [1.82, 2.24) is 19.5 Å². The molecule has 0 amide bonds. The zero-order chi connectivity index (χ0) is 24.9. The lowest BCUT2D eigenvalue weighted by Crippen LogP contribution is -2.59. The number of nitrogens with two attached hydrogens (primary N) is 1. The van der Waals surface area contributed by atoms with Crippen LogP contribution >= 0.6 is 20.5 Å². The summed E-state index contributed by atoms with van der Waals surface area (Å²) in [7, 11) is -5.01. The molecule has 0 radical (unpaired) electrons. The molecule has 0 aliphatic carbocycles. The van der Waals surface area contributed by atoms with Crippen LogP contribution in [0.15, 0.2) is 41.5 Å². The number of nitro groups is 1. The normalized spacial score (nSPS) is 27.3. The molecule has 1 fully saturated rings. The fourth-order valence-electron chi connectivity index (χ4n) is 3.99. The third kappa shape index (κ3) is 3.88. The number of aliphatic hydroxyl groups excluding tert-OH is 1. The molecule has 17 heteroatoms. The quantitative estimate of drug-likeness (QED) is 0.0761. The topological polar surface area (TPSA) is 229 Å². The van der Waals surface area contributed by atoms with Gasteiger partial charge in [0.2, 0.25) is 11.7 Å². The summed E-state index contributed by atoms with van der Waals surface area (Å²) in [5.41, 5.74) is 2.84. The van der Waals surface area contributed by atoms with Gasteiger partial charge in [0, 0.05) is 11.3 Å². The van der Waals surface area contributed by atoms with Crippen molar-refractivity contribution in [2.45, 2.75) is 29.2 Å². The van der Waals surface area contributed by atoms with E-state index >= 15 is 0 Å². The second kappa shape index (κ2) is 8.42. The fourth-order valence-corrected chi connectivity index (χ4v) is 4.74. The van der Waals surface area contributed by atoms with Crippen LogP contribution in [-0.2, 0) is 26.0 Å². The third-order valence-corrected chi connectivity index (χ3v) is 6.73. The highest BCUT2D eigenvalue weighted by Crippen LogP contribution is 2.52. The van der Waals surface area contributed by atoms with E-state index in [1.165, 1.54) is 0 Å². The Balaban J connectivity index is 1.97. The van der Waals surface area contributed by atoms with Crippen LogP contribution in [0.1, 0.15) is 5.56 Å². The number of ether oxygens (including phenoxy) is 1. The van der Waals surface area contributed by atoms with Crippen LogP contribution < -0.4 is 11.3 Å². The standard InChI is InChI=1S/C17H19N6O9PS/c18-15-20-13-11(14(25)21-15)19-8-22(13)16(6-9-4-2-1-3-5-9)17(34,23(26)27)12(24)10(32-16)7-31-33(28,29)30/h1-5,8,10,12,24,34H,6-7H2,(H2,28,29,30)(H3,18,20,21,25)/t10-,12-,16-,17-/m1/s1. The number of aromatic amines is 1. The van der Waals surface area contributed by atoms with Crippen LogP contribution in [-0.4, -0.2) is 63.0 Å². The molecule has 1 aliphatic rings. The number of phosphoric ester groups is 1. The maximum atomic E-state index is 12.4. The van der Waals surface area contributed by atoms with Gasteiger partial charge in [0.25, 0.3) is 5.56 Å². The maximum Gasteiger partial charge on any atom is 0.469 e. The van der Waals surface area contributed by atoms with E-state index in [4.69, 9.17) is 20.3 Å². The van der Waals surface area contributed by atoms with Crippen molar-refractivity contribution in [3.8, 4) is 0 Å². The molecule has 1 aromatic carbocycles. The average Bonchev–Trinajstić information content (AvgIpc) is 3.27. The molecular weight excluding hydrogens is 495 g/mol. The second-order valence-corrected chi connectivity index (χ2v) is 9.48. The van der Waals surface area contributed by atoms with Crippen LogP contribution in [0.4, 0.5) is 5.95 Å². The molecule has 4 atom stereocenters. The number of aliphatic hydroxyl groups is 1. The first-order valence-corrected chi connectivity index (χ1v) is 11.6. The third-order valence-electron chi connectivity index (χ3n) is 5.47. The number of nitrogen functional groups attached to an aromatic ring is 1. The Morgan fingerprint density at radius 3 is 2.68 bits per heavy atom. The number of nitrogens with zero attached hydrogens (tertiary/aromatic N) is 4. The summed E-state index contributed by atoms with van der Waals surface area (Å²) in [5.74, 6) is -0.306. The molecule has 3 aromatic rings. The Kier molecular flexibility index (Phi) is 6.02. The zero-order valence-electron chi connectivity index (χ0n) is 17.1. The Morgan fingerprint density at radius 1 is 1.38 bits per heavy atom. The number of imidazole rings is 1. The number of aromatic nitrogens is 4. The van der Waals surface area contributed by atoms with Gasteiger partial charge in [-0.1, -0.05) is 43.0 Å². The van der Waals surface area contributed by atoms with Gasteiger partial charge in [-0.05, 0) is 5.56 Å². The van der Waals surface area contributed by atoms with E-state index in [2.05, 4.69) is 32.1 Å². The number of rotatable bonds is 7. The lowest BCUT2D eigenvalue weighted by molar-refractivity contribution is -0.569. The van der Waals surface area contributed by atoms with E-state index in [1.807, 2.05) is 0 Å². The fraction of sp³-hybridized carbons (Fsp3) is 0.353. The monoisotopic (exact) mass is 514 g/mol. The molecule has 182 valence electrons. The van der Waals surface area contributed by atoms with Crippen molar-refractivity contribution in [2.24, 2.45) is 0 Å². The molecule has 1 saturated heterocycles. The van der Waals surface area contributed by atoms with Gasteiger partial charge in [-0.15, -0.1) is 0 Å². The van der Waals surface area contributed by atoms with Gasteiger partial charge < -0.3 is 25.4 Å². The minimum atomic E-state index is -5.01. The van der Waals surface area contributed by atoms with Crippen molar-refractivity contribution in [2.75, 3.05) is 12.3 Å². The first kappa shape index (κ1) is 24.3. The van der Waals surface area contributed by atoms with E-state index in [-0.39, 0.29) is 23.5 Å². The molecule has 4 rings (SSSR count). The average molecular weight is 514 g/mol. The smallest absolute Gasteiger partial charge is 0.382 e. The predicted molar refractivity (Wildman–Crippen MR) is 118 cm³/mol. The van der Waals surface area contributed by atoms with Crippen molar-refractivity contribution in [1.29, 1.82) is 0 Å². The number of hydrogen-bond donors (Lipinski definition) is 6. The lowest BCUT2D eigenvalue weighted by Gasteiger charge is -2.36. The highest BCUT2D eigenvalue weighted by molar-refractivity contribution is 7.81. The maximum absolute atomic E-state index is 12.4. The summed E-state index contributed by atoms with van der Waals surface area (Å²) in [6.07, 6.45) is -2.88. The van der Waals surface area contributed by atoms with Crippen LogP contribution in [0.3, 0.4) is 0 Å². The van der Waals surface area contributed by atoms with Crippen molar-refractivity contribution in [3.05, 3.63) is 62.7 Å². The molecule has 1 aliphatic heterocycles.